The van der Waals surface area contributed by atoms with Crippen molar-refractivity contribution in [2.24, 2.45) is 0 Å². The number of likely N-dealkylation sites (N-methyl/N-ethyl adjacent to an activating group) is 1. The molecule has 1 saturated carbocycles. The van der Waals surface area contributed by atoms with E-state index in [9.17, 15) is 8.42 Å². The monoisotopic (exact) mass is 655 g/mol. The summed E-state index contributed by atoms with van der Waals surface area (Å²) in [6.45, 7) is 4.42. The van der Waals surface area contributed by atoms with Crippen LogP contribution in [0, 0.1) is 5.82 Å². The minimum absolute atomic E-state index is 0.132. The van der Waals surface area contributed by atoms with E-state index in [1.54, 1.807) is 6.07 Å². The number of piperazine rings is 1. The maximum absolute atomic E-state index is 15.6. The van der Waals surface area contributed by atoms with E-state index in [4.69, 9.17) is 17.3 Å². The zero-order valence-electron chi connectivity index (χ0n) is 23.9. The molecule has 0 bridgehead atoms. The van der Waals surface area contributed by atoms with Gasteiger partial charge in [0.25, 0.3) is 10.0 Å². The molecule has 2 aliphatic rings. The summed E-state index contributed by atoms with van der Waals surface area (Å²) in [5.74, 6) is -0.430. The average molecular weight is 656 g/mol. The molecule has 1 aliphatic heterocycles. The van der Waals surface area contributed by atoms with Gasteiger partial charge in [-0.25, -0.2) is 22.8 Å². The molecule has 0 unspecified atom stereocenters. The Morgan fingerprint density at radius 1 is 1.00 bits per heavy atom. The van der Waals surface area contributed by atoms with Crippen LogP contribution in [0.5, 0.6) is 0 Å². The summed E-state index contributed by atoms with van der Waals surface area (Å²) in [6.07, 6.45) is 7.65. The summed E-state index contributed by atoms with van der Waals surface area (Å²) in [5.41, 5.74) is 8.51. The zero-order valence-corrected chi connectivity index (χ0v) is 26.3. The second-order valence-electron chi connectivity index (χ2n) is 11.5. The fraction of sp³-hybridized carbons (Fsp3) is 0.379. The van der Waals surface area contributed by atoms with Gasteiger partial charge in [0, 0.05) is 50.0 Å². The van der Waals surface area contributed by atoms with E-state index in [0.29, 0.717) is 34.0 Å². The Kier molecular flexibility index (Phi) is 7.65. The van der Waals surface area contributed by atoms with E-state index in [0.717, 1.165) is 63.6 Å². The SMILES string of the molecule is CN1CCN(C2CCC(n3cc(-c4ccc(NS(=O)(=O)c5ccc(Cl)c6nsnc56)c(F)c4)c4c(N)ncnc43)CC2)CC1. The smallest absolute Gasteiger partial charge is 0.264 e. The van der Waals surface area contributed by atoms with Crippen LogP contribution in [0.1, 0.15) is 31.7 Å². The molecule has 2 fully saturated rings. The van der Waals surface area contributed by atoms with E-state index in [2.05, 4.69) is 44.9 Å². The molecule has 5 aromatic rings. The number of benzene rings is 2. The molecule has 4 heterocycles. The lowest BCUT2D eigenvalue weighted by Crippen LogP contribution is -2.49. The van der Waals surface area contributed by atoms with Gasteiger partial charge < -0.3 is 15.2 Å². The molecule has 1 aliphatic carbocycles. The maximum atomic E-state index is 15.6. The van der Waals surface area contributed by atoms with Gasteiger partial charge >= 0.3 is 0 Å². The molecular weight excluding hydrogens is 625 g/mol. The number of hydrogen-bond donors (Lipinski definition) is 2. The standard InChI is InChI=1S/C29H31ClFN9O2S2/c1-38-10-12-39(13-11-38)18-3-5-19(6-4-18)40-15-20(25-28(32)33-16-34-29(25)40)17-2-8-23(22(31)14-17)37-44(41,42)24-9-7-21(30)26-27(24)36-43-35-26/h2,7-9,14-16,18-19,37H,3-6,10-13H2,1H3,(H2,32,33,34). The largest absolute Gasteiger partial charge is 0.383 e. The van der Waals surface area contributed by atoms with Crippen LogP contribution in [0.3, 0.4) is 0 Å². The van der Waals surface area contributed by atoms with E-state index in [-0.39, 0.29) is 32.7 Å². The van der Waals surface area contributed by atoms with Crippen LogP contribution in [0.4, 0.5) is 15.9 Å². The first-order valence-electron chi connectivity index (χ1n) is 14.5. The van der Waals surface area contributed by atoms with Crippen LogP contribution >= 0.6 is 23.3 Å². The third-order valence-electron chi connectivity index (χ3n) is 8.90. The molecule has 15 heteroatoms. The van der Waals surface area contributed by atoms with Gasteiger partial charge in [0.2, 0.25) is 0 Å². The normalized spacial score (nSPS) is 20.4. The number of halogens is 2. The first-order valence-corrected chi connectivity index (χ1v) is 17.1. The number of fused-ring (bicyclic) bond motifs is 2. The van der Waals surface area contributed by atoms with Crippen molar-refractivity contribution in [3.05, 3.63) is 53.7 Å². The lowest BCUT2D eigenvalue weighted by Gasteiger charge is -2.41. The lowest BCUT2D eigenvalue weighted by atomic mass is 9.89. The van der Waals surface area contributed by atoms with Gasteiger partial charge in [-0.15, -0.1) is 0 Å². The third kappa shape index (κ3) is 5.28. The number of rotatable bonds is 6. The number of aromatic nitrogens is 5. The van der Waals surface area contributed by atoms with Crippen LogP contribution < -0.4 is 10.5 Å². The number of hydrogen-bond acceptors (Lipinski definition) is 10. The van der Waals surface area contributed by atoms with Crippen LogP contribution in [-0.4, -0.2) is 80.8 Å². The fourth-order valence-corrected chi connectivity index (χ4v) is 8.58. The van der Waals surface area contributed by atoms with Gasteiger partial charge in [-0.3, -0.25) is 9.62 Å². The molecule has 2 aromatic carbocycles. The maximum Gasteiger partial charge on any atom is 0.264 e. The highest BCUT2D eigenvalue weighted by Crippen LogP contribution is 2.40. The zero-order chi connectivity index (χ0) is 30.6. The predicted octanol–water partition coefficient (Wildman–Crippen LogP) is 5.01. The number of nitrogens with zero attached hydrogens (tertiary/aromatic N) is 7. The molecule has 11 nitrogen and oxygen atoms in total. The van der Waals surface area contributed by atoms with Crippen LogP contribution in [0.2, 0.25) is 5.02 Å². The topological polar surface area (TPSA) is 135 Å². The van der Waals surface area contributed by atoms with Crippen LogP contribution in [-0.2, 0) is 10.0 Å². The Morgan fingerprint density at radius 2 is 1.73 bits per heavy atom. The molecule has 3 aromatic heterocycles. The second kappa shape index (κ2) is 11.5. The van der Waals surface area contributed by atoms with E-state index >= 15 is 4.39 Å². The van der Waals surface area contributed by atoms with Crippen molar-refractivity contribution in [2.75, 3.05) is 43.7 Å². The molecule has 230 valence electrons. The van der Waals surface area contributed by atoms with Gasteiger partial charge in [0.15, 0.2) is 0 Å². The first-order chi connectivity index (χ1) is 21.2. The molecule has 1 saturated heterocycles. The fourth-order valence-electron chi connectivity index (χ4n) is 6.49. The molecular formula is C29H31ClFN9O2S2. The summed E-state index contributed by atoms with van der Waals surface area (Å²) in [5, 5.41) is 0.940. The second-order valence-corrected chi connectivity index (χ2v) is 14.1. The Hall–Kier alpha value is -3.43. The third-order valence-corrected chi connectivity index (χ3v) is 11.1. The molecule has 0 amide bonds. The van der Waals surface area contributed by atoms with E-state index in [1.807, 2.05) is 6.20 Å². The van der Waals surface area contributed by atoms with Crippen molar-refractivity contribution < 1.29 is 12.8 Å². The van der Waals surface area contributed by atoms with Gasteiger partial charge in [0.1, 0.15) is 39.5 Å². The summed E-state index contributed by atoms with van der Waals surface area (Å²) in [6, 6.07) is 7.95. The summed E-state index contributed by atoms with van der Waals surface area (Å²) >= 11 is 6.98. The van der Waals surface area contributed by atoms with Crippen molar-refractivity contribution in [1.82, 2.24) is 33.1 Å². The predicted molar refractivity (Wildman–Crippen MR) is 171 cm³/mol. The Bertz CT molecular complexity index is 1970. The van der Waals surface area contributed by atoms with E-state index in [1.165, 1.54) is 30.6 Å². The summed E-state index contributed by atoms with van der Waals surface area (Å²) < 4.78 is 54.7. The number of sulfonamides is 1. The Balaban J connectivity index is 1.16. The minimum atomic E-state index is -4.19. The Morgan fingerprint density at radius 3 is 2.48 bits per heavy atom. The lowest BCUT2D eigenvalue weighted by molar-refractivity contribution is 0.0828. The van der Waals surface area contributed by atoms with Crippen molar-refractivity contribution in [1.29, 1.82) is 0 Å². The van der Waals surface area contributed by atoms with Crippen molar-refractivity contribution in [2.45, 2.75) is 42.7 Å². The number of nitrogens with one attached hydrogen (secondary N) is 1. The van der Waals surface area contributed by atoms with E-state index < -0.39 is 15.8 Å². The highest BCUT2D eigenvalue weighted by molar-refractivity contribution is 7.93. The van der Waals surface area contributed by atoms with Crippen LogP contribution in [0.15, 0.2) is 47.8 Å². The molecule has 7 rings (SSSR count). The van der Waals surface area contributed by atoms with Crippen molar-refractivity contribution >= 4 is 66.9 Å². The Labute approximate surface area is 263 Å². The number of nitrogen functional groups attached to an aromatic ring is 1. The molecule has 0 spiro atoms. The number of nitrogens with two attached hydrogens (primary N) is 1. The minimum Gasteiger partial charge on any atom is -0.383 e. The molecule has 0 radical (unpaired) electrons. The quantitative estimate of drug-likeness (QED) is 0.259. The molecule has 44 heavy (non-hydrogen) atoms. The summed E-state index contributed by atoms with van der Waals surface area (Å²) in [7, 11) is -2.01. The first kappa shape index (κ1) is 29.3. The summed E-state index contributed by atoms with van der Waals surface area (Å²) in [4.78, 5) is 13.7. The highest BCUT2D eigenvalue weighted by atomic mass is 35.5. The van der Waals surface area contributed by atoms with Gasteiger partial charge in [0.05, 0.1) is 27.8 Å². The molecule has 0 atom stereocenters. The van der Waals surface area contributed by atoms with Crippen molar-refractivity contribution in [3.8, 4) is 11.1 Å². The van der Waals surface area contributed by atoms with Gasteiger partial charge in [-0.05, 0) is 62.6 Å². The van der Waals surface area contributed by atoms with Crippen LogP contribution in [0.25, 0.3) is 33.2 Å². The number of anilines is 2. The van der Waals surface area contributed by atoms with Crippen molar-refractivity contribution in [3.63, 3.8) is 0 Å². The highest BCUT2D eigenvalue weighted by Gasteiger charge is 2.30. The van der Waals surface area contributed by atoms with Gasteiger partial charge in [-0.1, -0.05) is 17.7 Å². The molecule has 3 N–H and O–H groups in total. The average Bonchev–Trinajstić information content (AvgIpc) is 3.66. The van der Waals surface area contributed by atoms with Gasteiger partial charge in [-0.2, -0.15) is 8.75 Å².